The molecule has 0 aliphatic carbocycles. The summed E-state index contributed by atoms with van der Waals surface area (Å²) in [7, 11) is 0. The summed E-state index contributed by atoms with van der Waals surface area (Å²) in [4.78, 5) is 12.0. The highest BCUT2D eigenvalue weighted by Crippen LogP contribution is 2.18. The highest BCUT2D eigenvalue weighted by molar-refractivity contribution is 7.99. The number of aromatic nitrogens is 4. The molecule has 0 atom stereocenters. The molecule has 0 spiro atoms. The molecule has 2 aromatic carbocycles. The summed E-state index contributed by atoms with van der Waals surface area (Å²) < 4.78 is 43.3. The highest BCUT2D eigenvalue weighted by Gasteiger charge is 2.12. The molecule has 1 amide bonds. The Kier molecular flexibility index (Phi) is 7.06. The molecule has 0 fully saturated rings. The molecule has 1 N–H and O–H groups in total. The lowest BCUT2D eigenvalue weighted by Crippen LogP contribution is -2.27. The number of alkyl halides is 2. The Hall–Kier alpha value is -3.08. The normalized spacial score (nSPS) is 10.9. The van der Waals surface area contributed by atoms with E-state index < -0.39 is 12.4 Å². The van der Waals surface area contributed by atoms with Gasteiger partial charge in [-0.2, -0.15) is 13.5 Å². The van der Waals surface area contributed by atoms with E-state index in [1.54, 1.807) is 24.3 Å². The van der Waals surface area contributed by atoms with E-state index >= 15 is 0 Å². The molecule has 3 rings (SSSR count). The predicted molar refractivity (Wildman–Crippen MR) is 99.6 cm³/mol. The number of nitrogens with one attached hydrogen (secondary N) is 1. The molecule has 0 aliphatic rings. The number of tetrazole rings is 1. The van der Waals surface area contributed by atoms with Crippen LogP contribution in [-0.4, -0.2) is 45.0 Å². The number of thioether (sulfide) groups is 1. The van der Waals surface area contributed by atoms with Gasteiger partial charge in [0.1, 0.15) is 11.6 Å². The third-order valence-corrected chi connectivity index (χ3v) is 4.63. The van der Waals surface area contributed by atoms with Crippen molar-refractivity contribution in [2.45, 2.75) is 18.2 Å². The summed E-state index contributed by atoms with van der Waals surface area (Å²) in [5, 5.41) is 14.3. The third-order valence-electron chi connectivity index (χ3n) is 3.71. The molecule has 0 unspecified atom stereocenters. The van der Waals surface area contributed by atoms with Crippen molar-refractivity contribution in [3.05, 3.63) is 59.9 Å². The summed E-state index contributed by atoms with van der Waals surface area (Å²) in [6, 6.07) is 12.0. The number of amides is 1. The van der Waals surface area contributed by atoms with Gasteiger partial charge >= 0.3 is 6.61 Å². The van der Waals surface area contributed by atoms with E-state index in [4.69, 9.17) is 0 Å². The van der Waals surface area contributed by atoms with Crippen molar-refractivity contribution in [2.75, 3.05) is 12.3 Å². The number of benzene rings is 2. The van der Waals surface area contributed by atoms with Crippen LogP contribution in [0.3, 0.4) is 0 Å². The van der Waals surface area contributed by atoms with Crippen molar-refractivity contribution in [2.24, 2.45) is 0 Å². The molecule has 1 heterocycles. The van der Waals surface area contributed by atoms with Crippen LogP contribution in [0.5, 0.6) is 5.75 Å². The summed E-state index contributed by atoms with van der Waals surface area (Å²) in [6.07, 6.45) is 0.534. The number of hydrogen-bond donors (Lipinski definition) is 1. The second-order valence-corrected chi connectivity index (χ2v) is 6.71. The predicted octanol–water partition coefficient (Wildman–Crippen LogP) is 2.85. The molecule has 0 bridgehead atoms. The number of nitrogens with zero attached hydrogens (tertiary/aromatic N) is 4. The minimum absolute atomic E-state index is 0.0802. The maximum atomic E-state index is 13.4. The number of rotatable bonds is 9. The van der Waals surface area contributed by atoms with Gasteiger partial charge in [-0.05, 0) is 52.7 Å². The summed E-state index contributed by atoms with van der Waals surface area (Å²) in [6.45, 7) is -2.48. The SMILES string of the molecule is O=C(CSc1nnnn1-c1cccc(F)c1)NCCc1ccc(OC(F)F)cc1. The molecule has 29 heavy (non-hydrogen) atoms. The first-order chi connectivity index (χ1) is 14.0. The Morgan fingerprint density at radius 3 is 2.72 bits per heavy atom. The van der Waals surface area contributed by atoms with E-state index in [-0.39, 0.29) is 17.4 Å². The van der Waals surface area contributed by atoms with Crippen LogP contribution in [0.2, 0.25) is 0 Å². The summed E-state index contributed by atoms with van der Waals surface area (Å²) in [5.41, 5.74) is 1.33. The molecular weight excluding hydrogens is 407 g/mol. The van der Waals surface area contributed by atoms with Crippen LogP contribution in [-0.2, 0) is 11.2 Å². The first-order valence-electron chi connectivity index (χ1n) is 8.49. The van der Waals surface area contributed by atoms with Gasteiger partial charge < -0.3 is 10.1 Å². The van der Waals surface area contributed by atoms with Crippen LogP contribution in [0.15, 0.2) is 53.7 Å². The number of ether oxygens (including phenoxy) is 1. The van der Waals surface area contributed by atoms with Crippen LogP contribution < -0.4 is 10.1 Å². The van der Waals surface area contributed by atoms with Gasteiger partial charge in [0.2, 0.25) is 11.1 Å². The Morgan fingerprint density at radius 2 is 2.00 bits per heavy atom. The van der Waals surface area contributed by atoms with Crippen molar-refractivity contribution in [3.8, 4) is 11.4 Å². The highest BCUT2D eigenvalue weighted by atomic mass is 32.2. The van der Waals surface area contributed by atoms with E-state index in [0.29, 0.717) is 23.8 Å². The second-order valence-electron chi connectivity index (χ2n) is 5.76. The second kappa shape index (κ2) is 9.92. The topological polar surface area (TPSA) is 81.9 Å². The standard InChI is InChI=1S/C18H16F3N5O2S/c19-13-2-1-3-14(10-13)26-18(23-24-25-26)29-11-16(27)22-9-8-12-4-6-15(7-5-12)28-17(20)21/h1-7,10,17H,8-9,11H2,(H,22,27). The lowest BCUT2D eigenvalue weighted by atomic mass is 10.1. The zero-order valence-electron chi connectivity index (χ0n) is 15.0. The van der Waals surface area contributed by atoms with E-state index in [1.807, 2.05) is 0 Å². The Bertz CT molecular complexity index is 953. The minimum Gasteiger partial charge on any atom is -0.435 e. The van der Waals surface area contributed by atoms with Gasteiger partial charge in [0.25, 0.3) is 0 Å². The fourth-order valence-electron chi connectivity index (χ4n) is 2.40. The molecule has 0 radical (unpaired) electrons. The largest absolute Gasteiger partial charge is 0.435 e. The number of hydrogen-bond acceptors (Lipinski definition) is 6. The van der Waals surface area contributed by atoms with Crippen LogP contribution in [0.1, 0.15) is 5.56 Å². The molecule has 7 nitrogen and oxygen atoms in total. The maximum absolute atomic E-state index is 13.4. The van der Waals surface area contributed by atoms with Gasteiger partial charge in [0.05, 0.1) is 11.4 Å². The van der Waals surface area contributed by atoms with Gasteiger partial charge in [0.15, 0.2) is 0 Å². The first-order valence-corrected chi connectivity index (χ1v) is 9.47. The molecule has 152 valence electrons. The quantitative estimate of drug-likeness (QED) is 0.533. The zero-order valence-corrected chi connectivity index (χ0v) is 15.8. The molecule has 0 saturated carbocycles. The fraction of sp³-hybridized carbons (Fsp3) is 0.222. The zero-order chi connectivity index (χ0) is 20.6. The van der Waals surface area contributed by atoms with Gasteiger partial charge in [0, 0.05) is 6.54 Å². The molecule has 11 heteroatoms. The first kappa shape index (κ1) is 20.6. The summed E-state index contributed by atoms with van der Waals surface area (Å²) >= 11 is 1.12. The molecule has 3 aromatic rings. The van der Waals surface area contributed by atoms with Gasteiger partial charge in [-0.25, -0.2) is 4.39 Å². The minimum atomic E-state index is -2.86. The smallest absolute Gasteiger partial charge is 0.387 e. The van der Waals surface area contributed by atoms with Crippen LogP contribution in [0.4, 0.5) is 13.2 Å². The molecule has 1 aromatic heterocycles. The average molecular weight is 423 g/mol. The van der Waals surface area contributed by atoms with Crippen molar-refractivity contribution < 1.29 is 22.7 Å². The third kappa shape index (κ3) is 6.21. The number of carbonyl (C=O) groups is 1. The van der Waals surface area contributed by atoms with Gasteiger partial charge in [-0.15, -0.1) is 5.10 Å². The van der Waals surface area contributed by atoms with Crippen molar-refractivity contribution in [1.82, 2.24) is 25.5 Å². The van der Waals surface area contributed by atoms with Crippen molar-refractivity contribution in [1.29, 1.82) is 0 Å². The fourth-order valence-corrected chi connectivity index (χ4v) is 3.12. The lowest BCUT2D eigenvalue weighted by Gasteiger charge is -2.07. The van der Waals surface area contributed by atoms with E-state index in [9.17, 15) is 18.0 Å². The van der Waals surface area contributed by atoms with E-state index in [1.165, 1.54) is 28.9 Å². The number of halogens is 3. The van der Waals surface area contributed by atoms with Crippen molar-refractivity contribution in [3.63, 3.8) is 0 Å². The van der Waals surface area contributed by atoms with Crippen LogP contribution in [0, 0.1) is 5.82 Å². The van der Waals surface area contributed by atoms with Crippen LogP contribution >= 0.6 is 11.8 Å². The Morgan fingerprint density at radius 1 is 1.21 bits per heavy atom. The molecule has 0 saturated heterocycles. The maximum Gasteiger partial charge on any atom is 0.387 e. The Balaban J connectivity index is 1.45. The van der Waals surface area contributed by atoms with E-state index in [2.05, 4.69) is 25.6 Å². The summed E-state index contributed by atoms with van der Waals surface area (Å²) in [5.74, 6) is -0.473. The van der Waals surface area contributed by atoms with Gasteiger partial charge in [-0.3, -0.25) is 4.79 Å². The lowest BCUT2D eigenvalue weighted by molar-refractivity contribution is -0.118. The molecule has 0 aliphatic heterocycles. The Labute approximate surface area is 168 Å². The van der Waals surface area contributed by atoms with Gasteiger partial charge in [-0.1, -0.05) is 30.0 Å². The van der Waals surface area contributed by atoms with Crippen molar-refractivity contribution >= 4 is 17.7 Å². The monoisotopic (exact) mass is 423 g/mol. The average Bonchev–Trinajstić information content (AvgIpc) is 3.16. The van der Waals surface area contributed by atoms with Crippen LogP contribution in [0.25, 0.3) is 5.69 Å². The van der Waals surface area contributed by atoms with E-state index in [0.717, 1.165) is 17.3 Å². The number of carbonyl (C=O) groups excluding carboxylic acids is 1. The molecular formula is C18H16F3N5O2S.